The third kappa shape index (κ3) is 53.4. The summed E-state index contributed by atoms with van der Waals surface area (Å²) in [4.78, 5) is 38.1. The maximum absolute atomic E-state index is 12.8. The fourth-order valence-electron chi connectivity index (χ4n) is 7.69. The molecule has 0 saturated heterocycles. The molecule has 0 saturated carbocycles. The normalized spacial score (nSPS) is 12.7. The lowest BCUT2D eigenvalue weighted by molar-refractivity contribution is -0.167. The van der Waals surface area contributed by atoms with E-state index in [2.05, 4.69) is 106 Å². The lowest BCUT2D eigenvalue weighted by Crippen LogP contribution is -2.30. The van der Waals surface area contributed by atoms with Crippen molar-refractivity contribution in [1.82, 2.24) is 0 Å². The van der Waals surface area contributed by atoms with Crippen LogP contribution in [-0.2, 0) is 28.6 Å². The minimum atomic E-state index is -0.813. The van der Waals surface area contributed by atoms with Crippen molar-refractivity contribution in [2.45, 2.75) is 271 Å². The zero-order valence-electron chi connectivity index (χ0n) is 43.9. The molecular weight excluding hydrogens is 829 g/mol. The monoisotopic (exact) mass is 933 g/mol. The molecule has 0 aliphatic carbocycles. The van der Waals surface area contributed by atoms with Crippen LogP contribution in [0.15, 0.2) is 85.1 Å². The Morgan fingerprint density at radius 2 is 0.657 bits per heavy atom. The van der Waals surface area contributed by atoms with E-state index in [0.29, 0.717) is 19.3 Å². The van der Waals surface area contributed by atoms with Crippen LogP contribution in [0.2, 0.25) is 0 Å². The molecule has 0 N–H and O–H groups in total. The Bertz CT molecular complexity index is 1300. The highest BCUT2D eigenvalue weighted by Crippen LogP contribution is 2.14. The SMILES string of the molecule is CC\C=C/C=C\C=C/CCCCCCCC(=O)OCC(COC(=O)CCCCCCCCC/C=C\CCCCCCCCCC)OC(=O)CCC/C=C\C/C=C\C/C=C\CCCCCCCC. The molecule has 0 heterocycles. The van der Waals surface area contributed by atoms with Gasteiger partial charge in [0, 0.05) is 19.3 Å². The van der Waals surface area contributed by atoms with Crippen LogP contribution < -0.4 is 0 Å². The molecule has 0 fully saturated rings. The van der Waals surface area contributed by atoms with E-state index in [0.717, 1.165) is 83.5 Å². The Labute approximate surface area is 414 Å². The van der Waals surface area contributed by atoms with Gasteiger partial charge in [0.25, 0.3) is 0 Å². The van der Waals surface area contributed by atoms with E-state index in [-0.39, 0.29) is 37.5 Å². The summed E-state index contributed by atoms with van der Waals surface area (Å²) in [6, 6.07) is 0. The lowest BCUT2D eigenvalue weighted by atomic mass is 10.1. The second-order valence-corrected chi connectivity index (χ2v) is 18.5. The van der Waals surface area contributed by atoms with Gasteiger partial charge in [-0.05, 0) is 96.3 Å². The number of rotatable bonds is 50. The van der Waals surface area contributed by atoms with E-state index in [1.807, 2.05) is 0 Å². The average molecular weight is 933 g/mol. The van der Waals surface area contributed by atoms with Gasteiger partial charge in [0.2, 0.25) is 0 Å². The quantitative estimate of drug-likeness (QED) is 0.0199. The smallest absolute Gasteiger partial charge is 0.306 e. The van der Waals surface area contributed by atoms with Gasteiger partial charge in [0.15, 0.2) is 6.10 Å². The molecule has 384 valence electrons. The zero-order chi connectivity index (χ0) is 48.6. The van der Waals surface area contributed by atoms with Crippen LogP contribution in [0, 0.1) is 0 Å². The molecule has 1 atom stereocenters. The molecule has 0 aromatic rings. The van der Waals surface area contributed by atoms with Crippen LogP contribution in [0.5, 0.6) is 0 Å². The fraction of sp³-hybridized carbons (Fsp3) is 0.721. The average Bonchev–Trinajstić information content (AvgIpc) is 3.33. The van der Waals surface area contributed by atoms with E-state index in [1.165, 1.54) is 135 Å². The van der Waals surface area contributed by atoms with Crippen LogP contribution in [0.25, 0.3) is 0 Å². The summed E-state index contributed by atoms with van der Waals surface area (Å²) >= 11 is 0. The van der Waals surface area contributed by atoms with E-state index in [4.69, 9.17) is 14.2 Å². The molecule has 0 aromatic carbocycles. The molecule has 67 heavy (non-hydrogen) atoms. The molecular formula is C61H104O6. The Morgan fingerprint density at radius 1 is 0.328 bits per heavy atom. The highest BCUT2D eigenvalue weighted by Gasteiger charge is 2.19. The summed E-state index contributed by atoms with van der Waals surface area (Å²) in [5.74, 6) is -0.981. The number of carbonyl (C=O) groups excluding carboxylic acids is 3. The van der Waals surface area contributed by atoms with Gasteiger partial charge in [-0.1, -0.05) is 234 Å². The van der Waals surface area contributed by atoms with Crippen molar-refractivity contribution in [2.75, 3.05) is 13.2 Å². The van der Waals surface area contributed by atoms with Crippen LogP contribution in [-0.4, -0.2) is 37.2 Å². The largest absolute Gasteiger partial charge is 0.462 e. The number of esters is 3. The summed E-state index contributed by atoms with van der Waals surface area (Å²) in [6.45, 7) is 6.44. The number of ether oxygens (including phenoxy) is 3. The first kappa shape index (κ1) is 63.6. The Morgan fingerprint density at radius 3 is 1.09 bits per heavy atom. The van der Waals surface area contributed by atoms with Crippen LogP contribution in [0.3, 0.4) is 0 Å². The van der Waals surface area contributed by atoms with Crippen LogP contribution in [0.1, 0.15) is 265 Å². The molecule has 0 rings (SSSR count). The summed E-state index contributed by atoms with van der Waals surface area (Å²) < 4.78 is 16.8. The standard InChI is InChI=1S/C61H104O6/c1-4-7-10-13-16-19-22-25-27-29-30-32-33-36-39-42-45-48-51-54-60(63)66-57-58(56-65-59(62)53-50-47-44-41-38-35-24-21-18-15-12-9-6-3)67-61(64)55-52-49-46-43-40-37-34-31-28-26-23-20-17-14-11-8-5-2/h9,12,15,18,21,24,26,28-30,34,37,43,46,58H,4-8,10-11,13-14,16-17,19-20,22-23,25,27,31-33,35-36,38-42,44-45,47-57H2,1-3H3/b12-9-,18-15-,24-21-,28-26-,30-29-,37-34-,46-43-. The van der Waals surface area contributed by atoms with E-state index >= 15 is 0 Å². The molecule has 0 amide bonds. The molecule has 0 aliphatic rings. The summed E-state index contributed by atoms with van der Waals surface area (Å²) in [6.07, 6.45) is 71.5. The molecule has 0 bridgehead atoms. The van der Waals surface area contributed by atoms with Gasteiger partial charge in [0.05, 0.1) is 0 Å². The van der Waals surface area contributed by atoms with Crippen molar-refractivity contribution in [2.24, 2.45) is 0 Å². The van der Waals surface area contributed by atoms with Gasteiger partial charge in [-0.3, -0.25) is 14.4 Å². The minimum Gasteiger partial charge on any atom is -0.462 e. The number of carbonyl (C=O) groups is 3. The molecule has 0 aromatic heterocycles. The van der Waals surface area contributed by atoms with Gasteiger partial charge in [-0.2, -0.15) is 0 Å². The van der Waals surface area contributed by atoms with Crippen molar-refractivity contribution >= 4 is 17.9 Å². The van der Waals surface area contributed by atoms with Gasteiger partial charge in [0.1, 0.15) is 13.2 Å². The number of unbranched alkanes of at least 4 members (excludes halogenated alkanes) is 27. The molecule has 6 nitrogen and oxygen atoms in total. The van der Waals surface area contributed by atoms with E-state index in [9.17, 15) is 14.4 Å². The van der Waals surface area contributed by atoms with Gasteiger partial charge < -0.3 is 14.2 Å². The summed E-state index contributed by atoms with van der Waals surface area (Å²) in [5, 5.41) is 0. The molecule has 0 aliphatic heterocycles. The topological polar surface area (TPSA) is 78.9 Å². The maximum atomic E-state index is 12.8. The zero-order valence-corrected chi connectivity index (χ0v) is 43.9. The molecule has 6 heteroatoms. The van der Waals surface area contributed by atoms with Crippen molar-refractivity contribution in [3.8, 4) is 0 Å². The first-order valence-corrected chi connectivity index (χ1v) is 28.1. The van der Waals surface area contributed by atoms with Crippen molar-refractivity contribution < 1.29 is 28.6 Å². The first-order valence-electron chi connectivity index (χ1n) is 28.1. The minimum absolute atomic E-state index is 0.106. The van der Waals surface area contributed by atoms with E-state index in [1.54, 1.807) is 0 Å². The number of allylic oxidation sites excluding steroid dienone is 14. The molecule has 1 unspecified atom stereocenters. The Kier molecular flexibility index (Phi) is 52.4. The van der Waals surface area contributed by atoms with Crippen molar-refractivity contribution in [3.05, 3.63) is 85.1 Å². The van der Waals surface area contributed by atoms with Gasteiger partial charge in [-0.15, -0.1) is 0 Å². The Balaban J connectivity index is 4.46. The molecule has 0 radical (unpaired) electrons. The summed E-state index contributed by atoms with van der Waals surface area (Å²) in [7, 11) is 0. The predicted molar refractivity (Wildman–Crippen MR) is 288 cm³/mol. The van der Waals surface area contributed by atoms with Gasteiger partial charge in [-0.25, -0.2) is 0 Å². The van der Waals surface area contributed by atoms with Gasteiger partial charge >= 0.3 is 17.9 Å². The number of hydrogen-bond acceptors (Lipinski definition) is 6. The van der Waals surface area contributed by atoms with Crippen molar-refractivity contribution in [3.63, 3.8) is 0 Å². The third-order valence-corrected chi connectivity index (χ3v) is 11.9. The second kappa shape index (κ2) is 55.2. The maximum Gasteiger partial charge on any atom is 0.306 e. The first-order chi connectivity index (χ1) is 33.0. The fourth-order valence-corrected chi connectivity index (χ4v) is 7.69. The van der Waals surface area contributed by atoms with E-state index < -0.39 is 6.10 Å². The Hall–Kier alpha value is -3.41. The van der Waals surface area contributed by atoms with Crippen molar-refractivity contribution in [1.29, 1.82) is 0 Å². The van der Waals surface area contributed by atoms with Crippen LogP contribution >= 0.6 is 0 Å². The third-order valence-electron chi connectivity index (χ3n) is 11.9. The highest BCUT2D eigenvalue weighted by molar-refractivity contribution is 5.71. The predicted octanol–water partition coefficient (Wildman–Crippen LogP) is 18.8. The van der Waals surface area contributed by atoms with Crippen LogP contribution in [0.4, 0.5) is 0 Å². The highest BCUT2D eigenvalue weighted by atomic mass is 16.6. The summed E-state index contributed by atoms with van der Waals surface area (Å²) in [5.41, 5.74) is 0. The number of hydrogen-bond donors (Lipinski definition) is 0. The molecule has 0 spiro atoms. The lowest BCUT2D eigenvalue weighted by Gasteiger charge is -2.18. The second-order valence-electron chi connectivity index (χ2n) is 18.5.